The Balaban J connectivity index is 1.71. The normalized spacial score (nSPS) is 11.9. The second-order valence-corrected chi connectivity index (χ2v) is 9.82. The number of nitrogens with zero attached hydrogens (tertiary/aromatic N) is 3. The Bertz CT molecular complexity index is 1200. The molecule has 35 heavy (non-hydrogen) atoms. The van der Waals surface area contributed by atoms with Gasteiger partial charge in [0.15, 0.2) is 17.1 Å². The molecule has 0 spiro atoms. The molecular formula is C24H26Cl2N4O4S. The van der Waals surface area contributed by atoms with Crippen molar-refractivity contribution in [3.8, 4) is 5.75 Å². The van der Waals surface area contributed by atoms with Crippen molar-refractivity contribution < 1.29 is 19.1 Å². The summed E-state index contributed by atoms with van der Waals surface area (Å²) in [5.41, 5.74) is 0.611. The van der Waals surface area contributed by atoms with Crippen LogP contribution in [0.3, 0.4) is 0 Å². The fourth-order valence-corrected chi connectivity index (χ4v) is 4.35. The maximum Gasteiger partial charge on any atom is 0.339 e. The lowest BCUT2D eigenvalue weighted by Crippen LogP contribution is -2.17. The lowest BCUT2D eigenvalue weighted by atomic mass is 10.2. The molecule has 0 bridgehead atoms. The molecule has 8 nitrogen and oxygen atoms in total. The van der Waals surface area contributed by atoms with Crippen LogP contribution >= 0.6 is 35.0 Å². The number of rotatable bonds is 10. The number of hydrogen-bond donors (Lipinski definition) is 1. The fraction of sp³-hybridized carbons (Fsp3) is 0.333. The number of para-hydroxylation sites is 1. The lowest BCUT2D eigenvalue weighted by Gasteiger charge is -2.18. The van der Waals surface area contributed by atoms with E-state index >= 15 is 0 Å². The Kier molecular flexibility index (Phi) is 9.42. The zero-order valence-corrected chi connectivity index (χ0v) is 22.1. The molecule has 0 saturated heterocycles. The molecule has 1 unspecified atom stereocenters. The van der Waals surface area contributed by atoms with Gasteiger partial charge in [-0.3, -0.25) is 4.79 Å². The van der Waals surface area contributed by atoms with E-state index < -0.39 is 12.1 Å². The van der Waals surface area contributed by atoms with Crippen molar-refractivity contribution in [1.29, 1.82) is 0 Å². The third-order valence-electron chi connectivity index (χ3n) is 4.78. The van der Waals surface area contributed by atoms with Gasteiger partial charge in [0.1, 0.15) is 5.75 Å². The number of anilines is 1. The van der Waals surface area contributed by atoms with Crippen molar-refractivity contribution >= 4 is 52.5 Å². The van der Waals surface area contributed by atoms with E-state index in [-0.39, 0.29) is 22.2 Å². The first kappa shape index (κ1) is 26.8. The molecule has 0 aliphatic carbocycles. The van der Waals surface area contributed by atoms with Gasteiger partial charge in [-0.05, 0) is 43.2 Å². The molecule has 1 atom stereocenters. The third kappa shape index (κ3) is 7.13. The molecule has 11 heteroatoms. The summed E-state index contributed by atoms with van der Waals surface area (Å²) in [6.07, 6.45) is -0.407. The summed E-state index contributed by atoms with van der Waals surface area (Å²) < 4.78 is 12.7. The highest BCUT2D eigenvalue weighted by atomic mass is 35.5. The largest absolute Gasteiger partial charge is 0.481 e. The maximum absolute atomic E-state index is 12.6. The molecule has 1 aromatic heterocycles. The van der Waals surface area contributed by atoms with E-state index in [2.05, 4.69) is 29.4 Å². The van der Waals surface area contributed by atoms with Gasteiger partial charge in [0.2, 0.25) is 5.91 Å². The number of methoxy groups -OCH3 is 1. The number of thioether (sulfide) groups is 1. The van der Waals surface area contributed by atoms with Gasteiger partial charge in [-0.25, -0.2) is 4.79 Å². The van der Waals surface area contributed by atoms with Crippen molar-refractivity contribution in [2.75, 3.05) is 18.2 Å². The van der Waals surface area contributed by atoms with Crippen LogP contribution in [0.1, 0.15) is 43.1 Å². The Morgan fingerprint density at radius 1 is 1.09 bits per heavy atom. The number of hydrogen-bond acceptors (Lipinski definition) is 7. The summed E-state index contributed by atoms with van der Waals surface area (Å²) in [7, 11) is 1.27. The minimum atomic E-state index is -0.581. The molecule has 0 radical (unpaired) electrons. The van der Waals surface area contributed by atoms with E-state index in [0.717, 1.165) is 0 Å². The van der Waals surface area contributed by atoms with Gasteiger partial charge in [0.25, 0.3) is 0 Å². The fourth-order valence-electron chi connectivity index (χ4n) is 3.22. The van der Waals surface area contributed by atoms with Crippen molar-refractivity contribution in [3.63, 3.8) is 0 Å². The molecule has 2 aromatic carbocycles. The Morgan fingerprint density at radius 2 is 1.83 bits per heavy atom. The van der Waals surface area contributed by atoms with Gasteiger partial charge in [0.05, 0.1) is 28.5 Å². The van der Waals surface area contributed by atoms with Gasteiger partial charge < -0.3 is 19.4 Å². The highest BCUT2D eigenvalue weighted by Crippen LogP contribution is 2.30. The number of aromatic nitrogens is 3. The zero-order valence-electron chi connectivity index (χ0n) is 19.7. The van der Waals surface area contributed by atoms with Crippen LogP contribution in [0.4, 0.5) is 5.69 Å². The molecule has 0 fully saturated rings. The average Bonchev–Trinajstić information content (AvgIpc) is 3.21. The van der Waals surface area contributed by atoms with E-state index in [0.29, 0.717) is 39.9 Å². The number of carbonyl (C=O) groups excluding carboxylic acids is 2. The predicted octanol–water partition coefficient (Wildman–Crippen LogP) is 5.90. The van der Waals surface area contributed by atoms with Gasteiger partial charge in [-0.15, -0.1) is 10.2 Å². The van der Waals surface area contributed by atoms with Crippen molar-refractivity contribution in [2.45, 2.75) is 38.6 Å². The van der Waals surface area contributed by atoms with E-state index in [1.807, 2.05) is 23.6 Å². The summed E-state index contributed by atoms with van der Waals surface area (Å²) >= 11 is 13.5. The lowest BCUT2D eigenvalue weighted by molar-refractivity contribution is -0.113. The molecular weight excluding hydrogens is 511 g/mol. The first-order valence-corrected chi connectivity index (χ1v) is 12.6. The van der Waals surface area contributed by atoms with Crippen LogP contribution in [0.2, 0.25) is 10.0 Å². The Labute approximate surface area is 218 Å². The highest BCUT2D eigenvalue weighted by Gasteiger charge is 2.22. The molecule has 186 valence electrons. The van der Waals surface area contributed by atoms with Crippen LogP contribution < -0.4 is 10.1 Å². The van der Waals surface area contributed by atoms with Gasteiger partial charge in [-0.1, -0.05) is 60.9 Å². The smallest absolute Gasteiger partial charge is 0.339 e. The second-order valence-electron chi connectivity index (χ2n) is 8.06. The molecule has 1 heterocycles. The van der Waals surface area contributed by atoms with E-state index in [4.69, 9.17) is 32.7 Å². The summed E-state index contributed by atoms with van der Waals surface area (Å²) in [6.45, 7) is 6.71. The molecule has 3 aromatic rings. The van der Waals surface area contributed by atoms with Gasteiger partial charge >= 0.3 is 5.97 Å². The molecule has 3 rings (SSSR count). The van der Waals surface area contributed by atoms with Crippen molar-refractivity contribution in [3.05, 3.63) is 63.9 Å². The topological polar surface area (TPSA) is 95.3 Å². The van der Waals surface area contributed by atoms with Crippen LogP contribution in [0.25, 0.3) is 0 Å². The van der Waals surface area contributed by atoms with E-state index in [9.17, 15) is 9.59 Å². The Hall–Kier alpha value is -2.75. The second kappa shape index (κ2) is 12.3. The monoisotopic (exact) mass is 536 g/mol. The minimum Gasteiger partial charge on any atom is -0.481 e. The molecule has 1 amide bonds. The van der Waals surface area contributed by atoms with Gasteiger partial charge in [0, 0.05) is 12.2 Å². The first-order chi connectivity index (χ1) is 16.7. The summed E-state index contributed by atoms with van der Waals surface area (Å²) in [6, 6.07) is 11.9. The number of esters is 1. The van der Waals surface area contributed by atoms with Crippen LogP contribution in [-0.2, 0) is 16.1 Å². The number of benzene rings is 2. The summed E-state index contributed by atoms with van der Waals surface area (Å²) in [5, 5.41) is 12.8. The molecule has 0 saturated carbocycles. The zero-order chi connectivity index (χ0) is 25.5. The van der Waals surface area contributed by atoms with Crippen molar-refractivity contribution in [2.24, 2.45) is 5.92 Å². The molecule has 1 N–H and O–H groups in total. The van der Waals surface area contributed by atoms with Crippen LogP contribution in [0, 0.1) is 5.92 Å². The summed E-state index contributed by atoms with van der Waals surface area (Å²) in [5.74, 6) is 0.755. The number of ether oxygens (including phenoxy) is 2. The quantitative estimate of drug-likeness (QED) is 0.254. The standard InChI is InChI=1S/C24H26Cl2N4O4S/c1-14(2)12-30-22(15(3)34-20-8-6-5-7-19(20)26)28-29-24(30)35-13-21(31)27-16-9-10-18(25)17(11-16)23(32)33-4/h5-11,14-15H,12-13H2,1-4H3,(H,27,31). The van der Waals surface area contributed by atoms with Crippen LogP contribution in [-0.4, -0.2) is 39.5 Å². The van der Waals surface area contributed by atoms with Crippen LogP contribution in [0.15, 0.2) is 47.6 Å². The van der Waals surface area contributed by atoms with E-state index in [1.54, 1.807) is 18.2 Å². The Morgan fingerprint density at radius 3 is 2.51 bits per heavy atom. The third-order valence-corrected chi connectivity index (χ3v) is 6.39. The highest BCUT2D eigenvalue weighted by molar-refractivity contribution is 7.99. The maximum atomic E-state index is 12.6. The van der Waals surface area contributed by atoms with Gasteiger partial charge in [-0.2, -0.15) is 0 Å². The van der Waals surface area contributed by atoms with Crippen LogP contribution in [0.5, 0.6) is 5.75 Å². The SMILES string of the molecule is COC(=O)c1cc(NC(=O)CSc2nnc(C(C)Oc3ccccc3Cl)n2CC(C)C)ccc1Cl. The first-order valence-electron chi connectivity index (χ1n) is 10.8. The average molecular weight is 537 g/mol. The number of halogens is 2. The predicted molar refractivity (Wildman–Crippen MR) is 138 cm³/mol. The number of nitrogens with one attached hydrogen (secondary N) is 1. The number of amides is 1. The summed E-state index contributed by atoms with van der Waals surface area (Å²) in [4.78, 5) is 24.4. The molecule has 0 aliphatic heterocycles. The minimum absolute atomic E-state index is 0.0894. The number of carbonyl (C=O) groups is 2. The van der Waals surface area contributed by atoms with E-state index in [1.165, 1.54) is 31.0 Å². The molecule has 0 aliphatic rings. The van der Waals surface area contributed by atoms with Crippen molar-refractivity contribution in [1.82, 2.24) is 14.8 Å².